The maximum absolute atomic E-state index is 5.86. The molecule has 0 atom stereocenters. The Hall–Kier alpha value is -0.420. The van der Waals surface area contributed by atoms with Crippen LogP contribution in [0, 0.1) is 6.92 Å². The third-order valence-electron chi connectivity index (χ3n) is 1.87. The summed E-state index contributed by atoms with van der Waals surface area (Å²) in [6.07, 6.45) is 0. The van der Waals surface area contributed by atoms with Crippen molar-refractivity contribution in [3.8, 4) is 9.88 Å². The van der Waals surface area contributed by atoms with E-state index in [4.69, 9.17) is 17.3 Å². The van der Waals surface area contributed by atoms with Gasteiger partial charge in [0.05, 0.1) is 14.9 Å². The highest BCUT2D eigenvalue weighted by molar-refractivity contribution is 7.23. The van der Waals surface area contributed by atoms with Gasteiger partial charge in [-0.15, -0.1) is 22.7 Å². The van der Waals surface area contributed by atoms with Gasteiger partial charge in [0.15, 0.2) is 0 Å². The molecule has 0 spiro atoms. The molecule has 5 heteroatoms. The van der Waals surface area contributed by atoms with Crippen LogP contribution in [0.2, 0.25) is 4.34 Å². The Morgan fingerprint density at radius 2 is 2.21 bits per heavy atom. The van der Waals surface area contributed by atoms with Crippen LogP contribution in [0.25, 0.3) is 9.88 Å². The third-order valence-corrected chi connectivity index (χ3v) is 4.28. The molecule has 2 rings (SSSR count). The van der Waals surface area contributed by atoms with Crippen molar-refractivity contribution in [3.63, 3.8) is 0 Å². The standard InChI is InChI=1S/C9H9ClN2S2/c1-5-6(4-11)12-9(13-5)7-2-3-8(10)14-7/h2-3H,4,11H2,1H3. The zero-order valence-corrected chi connectivity index (χ0v) is 9.97. The van der Waals surface area contributed by atoms with Crippen LogP contribution in [0.3, 0.4) is 0 Å². The first-order valence-corrected chi connectivity index (χ1v) is 6.14. The quantitative estimate of drug-likeness (QED) is 0.881. The number of halogens is 1. The molecule has 0 radical (unpaired) electrons. The van der Waals surface area contributed by atoms with Gasteiger partial charge < -0.3 is 5.73 Å². The van der Waals surface area contributed by atoms with E-state index in [1.54, 1.807) is 22.7 Å². The Labute approximate surface area is 95.4 Å². The van der Waals surface area contributed by atoms with Crippen molar-refractivity contribution >= 4 is 34.3 Å². The fraction of sp³-hybridized carbons (Fsp3) is 0.222. The fourth-order valence-corrected chi connectivity index (χ4v) is 3.19. The Morgan fingerprint density at radius 3 is 2.71 bits per heavy atom. The van der Waals surface area contributed by atoms with Gasteiger partial charge in [0.2, 0.25) is 0 Å². The molecule has 0 aliphatic carbocycles. The van der Waals surface area contributed by atoms with Crippen LogP contribution in [0.4, 0.5) is 0 Å². The molecule has 0 saturated carbocycles. The minimum atomic E-state index is 0.501. The van der Waals surface area contributed by atoms with Crippen LogP contribution in [0.5, 0.6) is 0 Å². The molecular weight excluding hydrogens is 236 g/mol. The molecule has 0 amide bonds. The summed E-state index contributed by atoms with van der Waals surface area (Å²) in [5.41, 5.74) is 6.55. The van der Waals surface area contributed by atoms with Gasteiger partial charge in [-0.1, -0.05) is 11.6 Å². The highest BCUT2D eigenvalue weighted by atomic mass is 35.5. The average molecular weight is 245 g/mol. The van der Waals surface area contributed by atoms with E-state index in [1.165, 1.54) is 4.88 Å². The molecule has 0 saturated heterocycles. The number of aromatic nitrogens is 1. The van der Waals surface area contributed by atoms with E-state index in [0.29, 0.717) is 6.54 Å². The van der Waals surface area contributed by atoms with Crippen LogP contribution in [-0.4, -0.2) is 4.98 Å². The lowest BCUT2D eigenvalue weighted by Gasteiger charge is -1.87. The Morgan fingerprint density at radius 1 is 1.43 bits per heavy atom. The Balaban J connectivity index is 2.42. The predicted octanol–water partition coefficient (Wildman–Crippen LogP) is 3.29. The molecule has 2 heterocycles. The second-order valence-corrected chi connectivity index (χ2v) is 5.75. The van der Waals surface area contributed by atoms with E-state index in [-0.39, 0.29) is 0 Å². The van der Waals surface area contributed by atoms with E-state index in [9.17, 15) is 0 Å². The van der Waals surface area contributed by atoms with Crippen LogP contribution in [0.15, 0.2) is 12.1 Å². The Kier molecular flexibility index (Phi) is 2.88. The highest BCUT2D eigenvalue weighted by Crippen LogP contribution is 2.34. The normalized spacial score (nSPS) is 10.8. The SMILES string of the molecule is Cc1sc(-c2ccc(Cl)s2)nc1CN. The van der Waals surface area contributed by atoms with E-state index in [0.717, 1.165) is 19.9 Å². The van der Waals surface area contributed by atoms with Gasteiger partial charge >= 0.3 is 0 Å². The number of nitrogens with zero attached hydrogens (tertiary/aromatic N) is 1. The van der Waals surface area contributed by atoms with Crippen LogP contribution in [0.1, 0.15) is 10.6 Å². The number of rotatable bonds is 2. The number of hydrogen-bond donors (Lipinski definition) is 1. The van der Waals surface area contributed by atoms with Gasteiger partial charge in [-0.3, -0.25) is 0 Å². The predicted molar refractivity (Wildman–Crippen MR) is 63.1 cm³/mol. The molecule has 0 aliphatic heterocycles. The van der Waals surface area contributed by atoms with Gasteiger partial charge in [-0.2, -0.15) is 0 Å². The molecule has 0 bridgehead atoms. The average Bonchev–Trinajstić information content (AvgIpc) is 2.71. The first kappa shape index (κ1) is 10.1. The summed E-state index contributed by atoms with van der Waals surface area (Å²) in [7, 11) is 0. The summed E-state index contributed by atoms with van der Waals surface area (Å²) in [6.45, 7) is 2.54. The monoisotopic (exact) mass is 244 g/mol. The summed E-state index contributed by atoms with van der Waals surface area (Å²) in [6, 6.07) is 3.88. The summed E-state index contributed by atoms with van der Waals surface area (Å²) in [5.74, 6) is 0. The molecule has 14 heavy (non-hydrogen) atoms. The highest BCUT2D eigenvalue weighted by Gasteiger charge is 2.09. The zero-order chi connectivity index (χ0) is 10.1. The fourth-order valence-electron chi connectivity index (χ4n) is 1.15. The molecule has 0 aromatic carbocycles. The van der Waals surface area contributed by atoms with Crippen LogP contribution < -0.4 is 5.73 Å². The summed E-state index contributed by atoms with van der Waals surface area (Å²) in [4.78, 5) is 6.76. The minimum absolute atomic E-state index is 0.501. The van der Waals surface area contributed by atoms with Crippen molar-refractivity contribution < 1.29 is 0 Å². The van der Waals surface area contributed by atoms with E-state index >= 15 is 0 Å². The molecule has 74 valence electrons. The van der Waals surface area contributed by atoms with Gasteiger partial charge in [0, 0.05) is 11.4 Å². The zero-order valence-electron chi connectivity index (χ0n) is 7.58. The minimum Gasteiger partial charge on any atom is -0.325 e. The second kappa shape index (κ2) is 3.98. The van der Waals surface area contributed by atoms with Crippen molar-refractivity contribution in [2.45, 2.75) is 13.5 Å². The summed E-state index contributed by atoms with van der Waals surface area (Å²) in [5, 5.41) is 1.01. The van der Waals surface area contributed by atoms with Gasteiger partial charge in [0.25, 0.3) is 0 Å². The molecule has 2 nitrogen and oxygen atoms in total. The summed E-state index contributed by atoms with van der Waals surface area (Å²) >= 11 is 9.07. The van der Waals surface area contributed by atoms with Gasteiger partial charge in [-0.05, 0) is 19.1 Å². The number of thiophene rings is 1. The second-order valence-electron chi connectivity index (χ2n) is 2.83. The van der Waals surface area contributed by atoms with E-state index in [1.807, 2.05) is 19.1 Å². The number of nitrogens with two attached hydrogens (primary N) is 1. The largest absolute Gasteiger partial charge is 0.325 e. The first-order valence-electron chi connectivity index (χ1n) is 4.13. The lowest BCUT2D eigenvalue weighted by molar-refractivity contribution is 0.999. The molecular formula is C9H9ClN2S2. The Bertz CT molecular complexity index is 447. The van der Waals surface area contributed by atoms with Gasteiger partial charge in [-0.25, -0.2) is 4.98 Å². The molecule has 0 unspecified atom stereocenters. The number of aryl methyl sites for hydroxylation is 1. The summed E-state index contributed by atoms with van der Waals surface area (Å²) < 4.78 is 0.794. The molecule has 0 aliphatic rings. The van der Waals surface area contributed by atoms with Gasteiger partial charge in [0.1, 0.15) is 5.01 Å². The smallest absolute Gasteiger partial charge is 0.133 e. The van der Waals surface area contributed by atoms with Crippen molar-refractivity contribution in [1.29, 1.82) is 0 Å². The topological polar surface area (TPSA) is 38.9 Å². The number of thiazole rings is 1. The lowest BCUT2D eigenvalue weighted by atomic mass is 10.4. The van der Waals surface area contributed by atoms with Crippen LogP contribution in [-0.2, 0) is 6.54 Å². The maximum atomic E-state index is 5.86. The molecule has 2 N–H and O–H groups in total. The third kappa shape index (κ3) is 1.83. The van der Waals surface area contributed by atoms with Crippen LogP contribution >= 0.6 is 34.3 Å². The van der Waals surface area contributed by atoms with Crippen molar-refractivity contribution in [2.75, 3.05) is 0 Å². The van der Waals surface area contributed by atoms with Crippen molar-refractivity contribution in [3.05, 3.63) is 27.0 Å². The first-order chi connectivity index (χ1) is 6.70. The molecule has 0 fully saturated rings. The molecule has 2 aromatic heterocycles. The van der Waals surface area contributed by atoms with Crippen molar-refractivity contribution in [2.24, 2.45) is 5.73 Å². The van der Waals surface area contributed by atoms with E-state index < -0.39 is 0 Å². The maximum Gasteiger partial charge on any atom is 0.133 e. The van der Waals surface area contributed by atoms with E-state index in [2.05, 4.69) is 4.98 Å². The molecule has 2 aromatic rings. The lowest BCUT2D eigenvalue weighted by Crippen LogP contribution is -1.97. The number of hydrogen-bond acceptors (Lipinski definition) is 4. The van der Waals surface area contributed by atoms with Crippen molar-refractivity contribution in [1.82, 2.24) is 4.98 Å².